The molecule has 0 amide bonds. The van der Waals surface area contributed by atoms with Crippen molar-refractivity contribution in [1.82, 2.24) is 24.4 Å². The minimum Gasteiger partial charge on any atom is -0.351 e. The van der Waals surface area contributed by atoms with E-state index in [9.17, 15) is 4.39 Å². The summed E-state index contributed by atoms with van der Waals surface area (Å²) in [7, 11) is 2.21. The van der Waals surface area contributed by atoms with Crippen LogP contribution in [0, 0.1) is 12.7 Å². The summed E-state index contributed by atoms with van der Waals surface area (Å²) in [6.07, 6.45) is 4.73. The summed E-state index contributed by atoms with van der Waals surface area (Å²) in [5.41, 5.74) is 4.55. The summed E-state index contributed by atoms with van der Waals surface area (Å²) >= 11 is 0. The lowest BCUT2D eigenvalue weighted by molar-refractivity contribution is 0.292. The van der Waals surface area contributed by atoms with Gasteiger partial charge < -0.3 is 4.90 Å². The molecule has 2 aliphatic rings. The Bertz CT molecular complexity index is 1260. The molecule has 2 saturated heterocycles. The zero-order chi connectivity index (χ0) is 21.1. The van der Waals surface area contributed by atoms with E-state index in [4.69, 9.17) is 9.97 Å². The van der Waals surface area contributed by atoms with Crippen LogP contribution in [-0.4, -0.2) is 56.6 Å². The smallest absolute Gasteiger partial charge is 0.167 e. The summed E-state index contributed by atoms with van der Waals surface area (Å²) in [6, 6.07) is 13.6. The molecule has 2 atom stereocenters. The van der Waals surface area contributed by atoms with Crippen LogP contribution in [0.2, 0.25) is 0 Å². The highest BCUT2D eigenvalue weighted by atomic mass is 19.1. The molecule has 31 heavy (non-hydrogen) atoms. The Morgan fingerprint density at radius 3 is 2.42 bits per heavy atom. The normalized spacial score (nSPS) is 20.8. The number of hydrogen-bond donors (Lipinski definition) is 0. The SMILES string of the molecule is Cc1cc(N2C[C@H]3C[C@@H]2CN3C)nc2c1nc(-c1ccc(F)cc1)n2-c1ccncc1. The fraction of sp³-hybridized carbons (Fsp3) is 0.292. The lowest BCUT2D eigenvalue weighted by Crippen LogP contribution is -2.44. The van der Waals surface area contributed by atoms with Crippen molar-refractivity contribution in [3.05, 3.63) is 66.2 Å². The van der Waals surface area contributed by atoms with E-state index in [2.05, 4.69) is 39.4 Å². The number of pyridine rings is 2. The molecule has 2 bridgehead atoms. The fourth-order valence-corrected chi connectivity index (χ4v) is 5.01. The van der Waals surface area contributed by atoms with Gasteiger partial charge in [-0.1, -0.05) is 0 Å². The van der Waals surface area contributed by atoms with Crippen molar-refractivity contribution in [2.24, 2.45) is 0 Å². The third-order valence-electron chi connectivity index (χ3n) is 6.62. The average Bonchev–Trinajstić information content (AvgIpc) is 3.47. The lowest BCUT2D eigenvalue weighted by atomic mass is 10.2. The minimum atomic E-state index is -0.263. The third kappa shape index (κ3) is 2.91. The first-order chi connectivity index (χ1) is 15.1. The number of likely N-dealkylation sites (N-methyl/N-ethyl adjacent to an activating group) is 1. The second-order valence-corrected chi connectivity index (χ2v) is 8.59. The van der Waals surface area contributed by atoms with Gasteiger partial charge in [0.2, 0.25) is 0 Å². The zero-order valence-electron chi connectivity index (χ0n) is 17.5. The van der Waals surface area contributed by atoms with E-state index in [-0.39, 0.29) is 5.82 Å². The Morgan fingerprint density at radius 1 is 0.968 bits per heavy atom. The molecule has 6 rings (SSSR count). The first-order valence-electron chi connectivity index (χ1n) is 10.6. The van der Waals surface area contributed by atoms with Crippen molar-refractivity contribution < 1.29 is 4.39 Å². The molecule has 0 unspecified atom stereocenters. The second-order valence-electron chi connectivity index (χ2n) is 8.59. The number of halogens is 1. The molecule has 3 aromatic heterocycles. The molecule has 7 heteroatoms. The van der Waals surface area contributed by atoms with Gasteiger partial charge in [0.25, 0.3) is 0 Å². The van der Waals surface area contributed by atoms with E-state index in [1.165, 1.54) is 18.6 Å². The number of piperazine rings is 1. The number of imidazole rings is 1. The fourth-order valence-electron chi connectivity index (χ4n) is 5.01. The second kappa shape index (κ2) is 6.85. The molecule has 0 N–H and O–H groups in total. The van der Waals surface area contributed by atoms with E-state index in [0.29, 0.717) is 12.1 Å². The minimum absolute atomic E-state index is 0.263. The van der Waals surface area contributed by atoms with E-state index in [1.807, 2.05) is 12.1 Å². The van der Waals surface area contributed by atoms with Gasteiger partial charge in [0.1, 0.15) is 23.0 Å². The van der Waals surface area contributed by atoms with Crippen LogP contribution in [0.25, 0.3) is 28.2 Å². The van der Waals surface area contributed by atoms with Crippen molar-refractivity contribution >= 4 is 17.0 Å². The number of fused-ring (bicyclic) bond motifs is 3. The van der Waals surface area contributed by atoms with Crippen molar-refractivity contribution in [2.45, 2.75) is 25.4 Å². The van der Waals surface area contributed by atoms with Gasteiger partial charge in [-0.05, 0) is 68.4 Å². The van der Waals surface area contributed by atoms with Crippen LogP contribution in [0.3, 0.4) is 0 Å². The van der Waals surface area contributed by atoms with E-state index in [0.717, 1.165) is 52.7 Å². The highest BCUT2D eigenvalue weighted by molar-refractivity contribution is 5.84. The largest absolute Gasteiger partial charge is 0.351 e. The Labute approximate surface area is 180 Å². The molecule has 1 aromatic carbocycles. The van der Waals surface area contributed by atoms with Gasteiger partial charge >= 0.3 is 0 Å². The highest BCUT2D eigenvalue weighted by Crippen LogP contribution is 2.36. The summed E-state index contributed by atoms with van der Waals surface area (Å²) < 4.78 is 15.6. The Balaban J connectivity index is 1.56. The molecule has 0 radical (unpaired) electrons. The predicted octanol–water partition coefficient (Wildman–Crippen LogP) is 3.82. The maximum absolute atomic E-state index is 13.6. The van der Waals surface area contributed by atoms with E-state index >= 15 is 0 Å². The van der Waals surface area contributed by atoms with Crippen molar-refractivity contribution in [3.8, 4) is 17.1 Å². The summed E-state index contributed by atoms with van der Waals surface area (Å²) in [4.78, 5) is 19.1. The van der Waals surface area contributed by atoms with Crippen LogP contribution in [0.5, 0.6) is 0 Å². The number of hydrogen-bond acceptors (Lipinski definition) is 5. The molecule has 156 valence electrons. The van der Waals surface area contributed by atoms with Gasteiger partial charge in [0.15, 0.2) is 5.65 Å². The highest BCUT2D eigenvalue weighted by Gasteiger charge is 2.42. The van der Waals surface area contributed by atoms with Crippen LogP contribution in [0.1, 0.15) is 12.0 Å². The van der Waals surface area contributed by atoms with Crippen molar-refractivity contribution in [2.75, 3.05) is 25.0 Å². The van der Waals surface area contributed by atoms with Gasteiger partial charge in [0, 0.05) is 43.1 Å². The summed E-state index contributed by atoms with van der Waals surface area (Å²) in [5.74, 6) is 1.49. The van der Waals surface area contributed by atoms with Crippen LogP contribution in [-0.2, 0) is 0 Å². The van der Waals surface area contributed by atoms with Gasteiger partial charge in [0.05, 0.1) is 5.69 Å². The first kappa shape index (κ1) is 18.4. The monoisotopic (exact) mass is 414 g/mol. The van der Waals surface area contributed by atoms with Gasteiger partial charge in [-0.25, -0.2) is 14.4 Å². The van der Waals surface area contributed by atoms with Crippen LogP contribution in [0.4, 0.5) is 10.2 Å². The number of likely N-dealkylation sites (tertiary alicyclic amines) is 1. The van der Waals surface area contributed by atoms with Gasteiger partial charge in [-0.2, -0.15) is 0 Å². The Hall–Kier alpha value is -3.32. The number of benzene rings is 1. The zero-order valence-corrected chi connectivity index (χ0v) is 17.5. The number of aromatic nitrogens is 4. The molecule has 2 aliphatic heterocycles. The average molecular weight is 414 g/mol. The number of nitrogens with zero attached hydrogens (tertiary/aromatic N) is 6. The van der Waals surface area contributed by atoms with E-state index in [1.54, 1.807) is 24.5 Å². The van der Waals surface area contributed by atoms with Crippen molar-refractivity contribution in [3.63, 3.8) is 0 Å². The Morgan fingerprint density at radius 2 is 1.74 bits per heavy atom. The number of anilines is 1. The topological polar surface area (TPSA) is 50.1 Å². The lowest BCUT2D eigenvalue weighted by Gasteiger charge is -2.33. The van der Waals surface area contributed by atoms with Gasteiger partial charge in [-0.15, -0.1) is 0 Å². The van der Waals surface area contributed by atoms with E-state index < -0.39 is 0 Å². The van der Waals surface area contributed by atoms with Crippen LogP contribution in [0.15, 0.2) is 54.9 Å². The van der Waals surface area contributed by atoms with Crippen LogP contribution < -0.4 is 4.90 Å². The first-order valence-corrected chi connectivity index (χ1v) is 10.6. The quantitative estimate of drug-likeness (QED) is 0.510. The molecule has 0 saturated carbocycles. The number of rotatable bonds is 3. The standard InChI is InChI=1S/C24H23FN6/c1-15-11-21(30-14-19-12-20(30)13-29(19)2)27-24-22(15)28-23(16-3-5-17(25)6-4-16)31(24)18-7-9-26-10-8-18/h3-11,19-20H,12-14H2,1-2H3/t19-,20-/m1/s1. The number of aryl methyl sites for hydroxylation is 1. The third-order valence-corrected chi connectivity index (χ3v) is 6.62. The maximum Gasteiger partial charge on any atom is 0.167 e. The maximum atomic E-state index is 13.6. The molecule has 6 nitrogen and oxygen atoms in total. The molecular weight excluding hydrogens is 391 g/mol. The Kier molecular flexibility index (Phi) is 4.08. The summed E-state index contributed by atoms with van der Waals surface area (Å²) in [5, 5.41) is 0. The molecule has 0 aliphatic carbocycles. The molecule has 2 fully saturated rings. The van der Waals surface area contributed by atoms with Crippen molar-refractivity contribution in [1.29, 1.82) is 0 Å². The molecular formula is C24H23FN6. The predicted molar refractivity (Wildman–Crippen MR) is 119 cm³/mol. The summed E-state index contributed by atoms with van der Waals surface area (Å²) in [6.45, 7) is 4.17. The molecule has 0 spiro atoms. The van der Waals surface area contributed by atoms with Gasteiger partial charge in [-0.3, -0.25) is 14.5 Å². The molecule has 5 heterocycles. The molecule has 4 aromatic rings. The van der Waals surface area contributed by atoms with Crippen LogP contribution >= 0.6 is 0 Å².